The van der Waals surface area contributed by atoms with E-state index in [1.165, 1.54) is 23.9 Å². The quantitative estimate of drug-likeness (QED) is 0.818. The standard InChI is InChI=1S/C18H20FNO2S/c1-23-12-16-10-15(6-7-17(16)19)18(22)20-9-8-13-2-4-14(11-21)5-3-13/h2-7,10,21H,8-9,11-12H2,1H3,(H,20,22). The van der Waals surface area contributed by atoms with Gasteiger partial charge in [0.05, 0.1) is 6.61 Å². The molecule has 0 saturated carbocycles. The normalized spacial score (nSPS) is 10.6. The topological polar surface area (TPSA) is 49.3 Å². The van der Waals surface area contributed by atoms with Gasteiger partial charge in [-0.05, 0) is 47.6 Å². The van der Waals surface area contributed by atoms with Gasteiger partial charge in [0.1, 0.15) is 5.82 Å². The van der Waals surface area contributed by atoms with Crippen LogP contribution in [0.25, 0.3) is 0 Å². The van der Waals surface area contributed by atoms with Crippen LogP contribution in [0.4, 0.5) is 4.39 Å². The Bertz CT molecular complexity index is 659. The summed E-state index contributed by atoms with van der Waals surface area (Å²) in [5.41, 5.74) is 2.98. The summed E-state index contributed by atoms with van der Waals surface area (Å²) in [7, 11) is 0. The van der Waals surface area contributed by atoms with Crippen LogP contribution in [-0.2, 0) is 18.8 Å². The molecule has 122 valence electrons. The van der Waals surface area contributed by atoms with Crippen molar-refractivity contribution in [1.29, 1.82) is 0 Å². The van der Waals surface area contributed by atoms with E-state index < -0.39 is 0 Å². The molecule has 0 aliphatic rings. The number of aliphatic hydroxyl groups is 1. The van der Waals surface area contributed by atoms with Crippen molar-refractivity contribution in [3.05, 3.63) is 70.5 Å². The minimum atomic E-state index is -0.278. The summed E-state index contributed by atoms with van der Waals surface area (Å²) in [5.74, 6) is 0.0728. The maximum Gasteiger partial charge on any atom is 0.251 e. The smallest absolute Gasteiger partial charge is 0.251 e. The second-order valence-corrected chi connectivity index (χ2v) is 6.09. The first-order chi connectivity index (χ1) is 11.1. The Balaban J connectivity index is 1.90. The van der Waals surface area contributed by atoms with Gasteiger partial charge in [0, 0.05) is 17.9 Å². The molecule has 3 nitrogen and oxygen atoms in total. The van der Waals surface area contributed by atoms with Crippen LogP contribution in [0.5, 0.6) is 0 Å². The van der Waals surface area contributed by atoms with Crippen molar-refractivity contribution in [1.82, 2.24) is 5.32 Å². The molecule has 0 fully saturated rings. The van der Waals surface area contributed by atoms with E-state index in [0.29, 0.717) is 29.8 Å². The third-order valence-electron chi connectivity index (χ3n) is 3.51. The third kappa shape index (κ3) is 5.08. The number of aliphatic hydroxyl groups excluding tert-OH is 1. The minimum Gasteiger partial charge on any atom is -0.392 e. The van der Waals surface area contributed by atoms with Crippen LogP contribution >= 0.6 is 11.8 Å². The zero-order valence-electron chi connectivity index (χ0n) is 13.0. The molecule has 2 aromatic rings. The third-order valence-corrected chi connectivity index (χ3v) is 4.11. The highest BCUT2D eigenvalue weighted by atomic mass is 32.2. The van der Waals surface area contributed by atoms with Crippen molar-refractivity contribution >= 4 is 17.7 Å². The first-order valence-electron chi connectivity index (χ1n) is 7.38. The number of hydrogen-bond acceptors (Lipinski definition) is 3. The Morgan fingerprint density at radius 3 is 2.52 bits per heavy atom. The van der Waals surface area contributed by atoms with Gasteiger partial charge in [-0.2, -0.15) is 11.8 Å². The lowest BCUT2D eigenvalue weighted by Crippen LogP contribution is -2.25. The summed E-state index contributed by atoms with van der Waals surface area (Å²) >= 11 is 1.52. The van der Waals surface area contributed by atoms with E-state index in [-0.39, 0.29) is 18.3 Å². The van der Waals surface area contributed by atoms with Crippen LogP contribution in [0.15, 0.2) is 42.5 Å². The van der Waals surface area contributed by atoms with Gasteiger partial charge in [0.25, 0.3) is 5.91 Å². The van der Waals surface area contributed by atoms with Gasteiger partial charge in [-0.1, -0.05) is 24.3 Å². The lowest BCUT2D eigenvalue weighted by atomic mass is 10.1. The van der Waals surface area contributed by atoms with Gasteiger partial charge in [0.2, 0.25) is 0 Å². The first kappa shape index (κ1) is 17.5. The Morgan fingerprint density at radius 2 is 1.87 bits per heavy atom. The molecular formula is C18H20FNO2S. The summed E-state index contributed by atoms with van der Waals surface area (Å²) in [4.78, 5) is 12.1. The highest BCUT2D eigenvalue weighted by Crippen LogP contribution is 2.16. The molecule has 2 aromatic carbocycles. The molecule has 23 heavy (non-hydrogen) atoms. The van der Waals surface area contributed by atoms with Gasteiger partial charge in [-0.25, -0.2) is 4.39 Å². The predicted octanol–water partition coefficient (Wildman–Crippen LogP) is 3.15. The summed E-state index contributed by atoms with van der Waals surface area (Å²) in [6.07, 6.45) is 2.60. The molecule has 0 aliphatic carbocycles. The lowest BCUT2D eigenvalue weighted by molar-refractivity contribution is 0.0954. The molecule has 0 heterocycles. The Labute approximate surface area is 139 Å². The van der Waals surface area contributed by atoms with Crippen molar-refractivity contribution in [3.8, 4) is 0 Å². The summed E-state index contributed by atoms with van der Waals surface area (Å²) in [5, 5.41) is 11.8. The van der Waals surface area contributed by atoms with Gasteiger partial charge in [0.15, 0.2) is 0 Å². The number of benzene rings is 2. The Morgan fingerprint density at radius 1 is 1.17 bits per heavy atom. The Kier molecular flexibility index (Phi) is 6.62. The largest absolute Gasteiger partial charge is 0.392 e. The van der Waals surface area contributed by atoms with Crippen LogP contribution in [0.2, 0.25) is 0 Å². The number of rotatable bonds is 7. The molecule has 0 spiro atoms. The molecular weight excluding hydrogens is 313 g/mol. The van der Waals surface area contributed by atoms with Crippen LogP contribution in [0.3, 0.4) is 0 Å². The molecule has 0 aliphatic heterocycles. The average molecular weight is 333 g/mol. The molecule has 1 amide bonds. The van der Waals surface area contributed by atoms with Crippen molar-refractivity contribution < 1.29 is 14.3 Å². The monoisotopic (exact) mass is 333 g/mol. The van der Waals surface area contributed by atoms with E-state index in [9.17, 15) is 9.18 Å². The zero-order valence-corrected chi connectivity index (χ0v) is 13.8. The van der Waals surface area contributed by atoms with Crippen LogP contribution < -0.4 is 5.32 Å². The van der Waals surface area contributed by atoms with Crippen molar-refractivity contribution in [2.45, 2.75) is 18.8 Å². The maximum atomic E-state index is 13.6. The van der Waals surface area contributed by atoms with E-state index in [4.69, 9.17) is 5.11 Å². The summed E-state index contributed by atoms with van der Waals surface area (Å²) in [6, 6.07) is 12.1. The molecule has 0 atom stereocenters. The molecule has 2 N–H and O–H groups in total. The molecule has 5 heteroatoms. The fourth-order valence-corrected chi connectivity index (χ4v) is 2.75. The lowest BCUT2D eigenvalue weighted by Gasteiger charge is -2.08. The molecule has 0 bridgehead atoms. The van der Waals surface area contributed by atoms with Crippen LogP contribution in [0, 0.1) is 5.82 Å². The van der Waals surface area contributed by atoms with Gasteiger partial charge in [-0.3, -0.25) is 4.79 Å². The van der Waals surface area contributed by atoms with E-state index in [0.717, 1.165) is 11.1 Å². The van der Waals surface area contributed by atoms with E-state index in [1.807, 2.05) is 30.5 Å². The fraction of sp³-hybridized carbons (Fsp3) is 0.278. The highest BCUT2D eigenvalue weighted by Gasteiger charge is 2.09. The second-order valence-electron chi connectivity index (χ2n) is 5.22. The van der Waals surface area contributed by atoms with Gasteiger partial charge in [-0.15, -0.1) is 0 Å². The SMILES string of the molecule is CSCc1cc(C(=O)NCCc2ccc(CO)cc2)ccc1F. The van der Waals surface area contributed by atoms with Crippen LogP contribution in [0.1, 0.15) is 27.0 Å². The van der Waals surface area contributed by atoms with Crippen molar-refractivity contribution in [3.63, 3.8) is 0 Å². The number of thioether (sulfide) groups is 1. The fourth-order valence-electron chi connectivity index (χ4n) is 2.22. The number of carbonyl (C=O) groups is 1. The van der Waals surface area contributed by atoms with E-state index in [2.05, 4.69) is 5.32 Å². The predicted molar refractivity (Wildman–Crippen MR) is 92.0 cm³/mol. The van der Waals surface area contributed by atoms with Gasteiger partial charge < -0.3 is 10.4 Å². The van der Waals surface area contributed by atoms with Gasteiger partial charge >= 0.3 is 0 Å². The van der Waals surface area contributed by atoms with Crippen molar-refractivity contribution in [2.24, 2.45) is 0 Å². The summed E-state index contributed by atoms with van der Waals surface area (Å²) in [6.45, 7) is 0.534. The van der Waals surface area contributed by atoms with E-state index >= 15 is 0 Å². The van der Waals surface area contributed by atoms with Crippen LogP contribution in [-0.4, -0.2) is 23.8 Å². The molecule has 0 saturated heterocycles. The minimum absolute atomic E-state index is 0.0277. The Hall–Kier alpha value is -1.85. The van der Waals surface area contributed by atoms with E-state index in [1.54, 1.807) is 6.07 Å². The maximum absolute atomic E-state index is 13.6. The summed E-state index contributed by atoms with van der Waals surface area (Å²) < 4.78 is 13.6. The van der Waals surface area contributed by atoms with Crippen molar-refractivity contribution in [2.75, 3.05) is 12.8 Å². The first-order valence-corrected chi connectivity index (χ1v) is 8.77. The number of halogens is 1. The second kappa shape index (κ2) is 8.70. The highest BCUT2D eigenvalue weighted by molar-refractivity contribution is 7.97. The zero-order chi connectivity index (χ0) is 16.7. The molecule has 0 radical (unpaired) electrons. The number of hydrogen-bond donors (Lipinski definition) is 2. The molecule has 0 unspecified atom stereocenters. The molecule has 0 aromatic heterocycles. The molecule has 2 rings (SSSR count). The number of nitrogens with one attached hydrogen (secondary N) is 1. The average Bonchev–Trinajstić information content (AvgIpc) is 2.57. The number of carbonyl (C=O) groups excluding carboxylic acids is 1. The number of amides is 1.